The quantitative estimate of drug-likeness (QED) is 0.696. The summed E-state index contributed by atoms with van der Waals surface area (Å²) in [5.41, 5.74) is 2.67. The number of nitrogens with zero attached hydrogens (tertiary/aromatic N) is 1. The maximum atomic E-state index is 2.27. The van der Waals surface area contributed by atoms with Gasteiger partial charge in [-0.25, -0.2) is 0 Å². The van der Waals surface area contributed by atoms with Crippen LogP contribution in [0.25, 0.3) is 5.69 Å². The van der Waals surface area contributed by atoms with Crippen LogP contribution in [0.5, 0.6) is 0 Å². The molecule has 0 spiro atoms. The zero-order valence-electron chi connectivity index (χ0n) is 11.4. The summed E-state index contributed by atoms with van der Waals surface area (Å²) in [7, 11) is 0. The van der Waals surface area contributed by atoms with E-state index in [1.54, 1.807) is 0 Å². The summed E-state index contributed by atoms with van der Waals surface area (Å²) in [6.07, 6.45) is 5.35. The Hall–Kier alpha value is -1.50. The number of hydrogen-bond acceptors (Lipinski definition) is 0. The second kappa shape index (κ2) is 6.95. The molecule has 1 aromatic carbocycles. The first-order valence-electron chi connectivity index (χ1n) is 6.54. The summed E-state index contributed by atoms with van der Waals surface area (Å²) in [6, 6.07) is 12.9. The highest BCUT2D eigenvalue weighted by Gasteiger charge is 2.03. The SMILES string of the molecule is CC.CCC(C)c1cccc(-n2cccc2)c1. The third kappa shape index (κ3) is 3.48. The van der Waals surface area contributed by atoms with E-state index in [9.17, 15) is 0 Å². The average Bonchev–Trinajstić information content (AvgIpc) is 2.94. The zero-order chi connectivity index (χ0) is 12.7. The summed E-state index contributed by atoms with van der Waals surface area (Å²) < 4.78 is 2.14. The Labute approximate surface area is 105 Å². The maximum absolute atomic E-state index is 2.27. The van der Waals surface area contributed by atoms with Gasteiger partial charge in [0.1, 0.15) is 0 Å². The number of aromatic nitrogens is 1. The van der Waals surface area contributed by atoms with Crippen LogP contribution in [0.4, 0.5) is 0 Å². The molecule has 0 saturated carbocycles. The van der Waals surface area contributed by atoms with Gasteiger partial charge in [-0.2, -0.15) is 0 Å². The molecule has 0 radical (unpaired) electrons. The monoisotopic (exact) mass is 229 g/mol. The summed E-state index contributed by atoms with van der Waals surface area (Å²) in [4.78, 5) is 0. The van der Waals surface area contributed by atoms with E-state index in [-0.39, 0.29) is 0 Å². The number of rotatable bonds is 3. The van der Waals surface area contributed by atoms with Crippen LogP contribution in [0.2, 0.25) is 0 Å². The molecule has 1 heteroatoms. The van der Waals surface area contributed by atoms with Gasteiger partial charge < -0.3 is 4.57 Å². The Morgan fingerprint density at radius 1 is 1.06 bits per heavy atom. The highest BCUT2D eigenvalue weighted by molar-refractivity contribution is 5.37. The fourth-order valence-electron chi connectivity index (χ4n) is 1.73. The molecule has 0 aliphatic rings. The minimum Gasteiger partial charge on any atom is -0.324 e. The Morgan fingerprint density at radius 2 is 1.71 bits per heavy atom. The molecular formula is C16H23N. The smallest absolute Gasteiger partial charge is 0.0452 e. The van der Waals surface area contributed by atoms with E-state index in [4.69, 9.17) is 0 Å². The molecule has 0 N–H and O–H groups in total. The van der Waals surface area contributed by atoms with Gasteiger partial charge in [0, 0.05) is 18.1 Å². The second-order valence-electron chi connectivity index (χ2n) is 3.99. The molecular weight excluding hydrogens is 206 g/mol. The molecule has 2 rings (SSSR count). The van der Waals surface area contributed by atoms with Crippen LogP contribution in [-0.4, -0.2) is 4.57 Å². The summed E-state index contributed by atoms with van der Waals surface area (Å²) in [5, 5.41) is 0. The van der Waals surface area contributed by atoms with Crippen molar-refractivity contribution in [3.8, 4) is 5.69 Å². The van der Waals surface area contributed by atoms with Crippen LogP contribution < -0.4 is 0 Å². The van der Waals surface area contributed by atoms with E-state index in [1.807, 2.05) is 13.8 Å². The standard InChI is InChI=1S/C14H17N.C2H6/c1-3-12(2)13-7-6-8-14(11-13)15-9-4-5-10-15;1-2/h4-12H,3H2,1-2H3;1-2H3. The van der Waals surface area contributed by atoms with Gasteiger partial charge in [-0.3, -0.25) is 0 Å². The molecule has 0 aliphatic heterocycles. The molecule has 0 bridgehead atoms. The predicted octanol–water partition coefficient (Wildman–Crippen LogP) is 5.02. The Balaban J connectivity index is 0.000000686. The summed E-state index contributed by atoms with van der Waals surface area (Å²) in [6.45, 7) is 8.50. The van der Waals surface area contributed by atoms with Crippen LogP contribution in [0.15, 0.2) is 48.8 Å². The lowest BCUT2D eigenvalue weighted by molar-refractivity contribution is 0.732. The van der Waals surface area contributed by atoms with Gasteiger partial charge >= 0.3 is 0 Å². The van der Waals surface area contributed by atoms with Gasteiger partial charge in [0.15, 0.2) is 0 Å². The Kier molecular flexibility index (Phi) is 5.55. The first-order valence-corrected chi connectivity index (χ1v) is 6.54. The average molecular weight is 229 g/mol. The first-order chi connectivity index (χ1) is 8.31. The number of benzene rings is 1. The van der Waals surface area contributed by atoms with E-state index < -0.39 is 0 Å². The second-order valence-corrected chi connectivity index (χ2v) is 3.99. The lowest BCUT2D eigenvalue weighted by Crippen LogP contribution is -1.95. The van der Waals surface area contributed by atoms with Gasteiger partial charge in [-0.15, -0.1) is 0 Å². The van der Waals surface area contributed by atoms with Gasteiger partial charge in [0.25, 0.3) is 0 Å². The van der Waals surface area contributed by atoms with Crippen molar-refractivity contribution in [2.45, 2.75) is 40.0 Å². The molecule has 0 saturated heterocycles. The van der Waals surface area contributed by atoms with Crippen molar-refractivity contribution in [1.82, 2.24) is 4.57 Å². The molecule has 1 aromatic heterocycles. The van der Waals surface area contributed by atoms with Gasteiger partial charge in [0.05, 0.1) is 0 Å². The first kappa shape index (κ1) is 13.6. The highest BCUT2D eigenvalue weighted by atomic mass is 14.9. The minimum absolute atomic E-state index is 0.639. The van der Waals surface area contributed by atoms with Crippen molar-refractivity contribution in [3.63, 3.8) is 0 Å². The van der Waals surface area contributed by atoms with Gasteiger partial charge in [-0.05, 0) is 42.2 Å². The van der Waals surface area contributed by atoms with Crippen LogP contribution >= 0.6 is 0 Å². The topological polar surface area (TPSA) is 4.93 Å². The molecule has 2 aromatic rings. The van der Waals surface area contributed by atoms with Crippen molar-refractivity contribution in [2.75, 3.05) is 0 Å². The van der Waals surface area contributed by atoms with Crippen LogP contribution in [0.1, 0.15) is 45.6 Å². The lowest BCUT2D eigenvalue weighted by atomic mass is 9.98. The van der Waals surface area contributed by atoms with Gasteiger partial charge in [-0.1, -0.05) is 39.8 Å². The van der Waals surface area contributed by atoms with Crippen molar-refractivity contribution < 1.29 is 0 Å². The Bertz CT molecular complexity index is 415. The van der Waals surface area contributed by atoms with Crippen molar-refractivity contribution >= 4 is 0 Å². The van der Waals surface area contributed by atoms with Gasteiger partial charge in [0.2, 0.25) is 0 Å². The van der Waals surface area contributed by atoms with Crippen molar-refractivity contribution in [1.29, 1.82) is 0 Å². The van der Waals surface area contributed by atoms with E-state index >= 15 is 0 Å². The van der Waals surface area contributed by atoms with Crippen molar-refractivity contribution in [2.24, 2.45) is 0 Å². The summed E-state index contributed by atoms with van der Waals surface area (Å²) in [5.74, 6) is 0.639. The van der Waals surface area contributed by atoms with E-state index in [0.29, 0.717) is 5.92 Å². The molecule has 92 valence electrons. The molecule has 1 heterocycles. The molecule has 1 unspecified atom stereocenters. The van der Waals surface area contributed by atoms with Crippen LogP contribution in [0.3, 0.4) is 0 Å². The highest BCUT2D eigenvalue weighted by Crippen LogP contribution is 2.21. The fraction of sp³-hybridized carbons (Fsp3) is 0.375. The lowest BCUT2D eigenvalue weighted by Gasteiger charge is -2.11. The molecule has 1 atom stereocenters. The Morgan fingerprint density at radius 3 is 2.29 bits per heavy atom. The largest absolute Gasteiger partial charge is 0.324 e. The molecule has 0 amide bonds. The minimum atomic E-state index is 0.639. The van der Waals surface area contributed by atoms with E-state index in [1.165, 1.54) is 17.7 Å². The molecule has 1 nitrogen and oxygen atoms in total. The third-order valence-electron chi connectivity index (χ3n) is 2.95. The summed E-state index contributed by atoms with van der Waals surface area (Å²) >= 11 is 0. The van der Waals surface area contributed by atoms with Crippen molar-refractivity contribution in [3.05, 3.63) is 54.4 Å². The molecule has 17 heavy (non-hydrogen) atoms. The van der Waals surface area contributed by atoms with E-state index in [2.05, 4.69) is 67.2 Å². The third-order valence-corrected chi connectivity index (χ3v) is 2.95. The maximum Gasteiger partial charge on any atom is 0.0452 e. The fourth-order valence-corrected chi connectivity index (χ4v) is 1.73. The molecule has 0 fully saturated rings. The van der Waals surface area contributed by atoms with Crippen LogP contribution in [0, 0.1) is 0 Å². The van der Waals surface area contributed by atoms with E-state index in [0.717, 1.165) is 0 Å². The normalized spacial score (nSPS) is 11.5. The number of hydrogen-bond donors (Lipinski definition) is 0. The molecule has 0 aliphatic carbocycles. The van der Waals surface area contributed by atoms with Crippen LogP contribution in [-0.2, 0) is 0 Å². The zero-order valence-corrected chi connectivity index (χ0v) is 11.4. The predicted molar refractivity (Wildman–Crippen MR) is 75.8 cm³/mol.